The fraction of sp³-hybridized carbons (Fsp3) is 0.100. The molecule has 2 rings (SSSR count). The molecule has 0 atom stereocenters. The van der Waals surface area contributed by atoms with E-state index in [9.17, 15) is 4.79 Å². The Morgan fingerprint density at radius 2 is 2.29 bits per heavy atom. The standard InChI is InChI=1S/C10H11N5OS/c11-15-9-5-12-2-1-8(9)10(16)14-4-7-3-13-6-17-7/h1-3,5-6,15H,4,11H2,(H,14,16). The largest absolute Gasteiger partial charge is 0.347 e. The van der Waals surface area contributed by atoms with E-state index in [1.54, 1.807) is 24.0 Å². The van der Waals surface area contributed by atoms with Crippen molar-refractivity contribution in [2.75, 3.05) is 5.43 Å². The van der Waals surface area contributed by atoms with Crippen LogP contribution in [0.1, 0.15) is 15.2 Å². The topological polar surface area (TPSA) is 92.9 Å². The van der Waals surface area contributed by atoms with Gasteiger partial charge >= 0.3 is 0 Å². The number of thiazole rings is 1. The van der Waals surface area contributed by atoms with E-state index >= 15 is 0 Å². The van der Waals surface area contributed by atoms with Crippen LogP contribution < -0.4 is 16.6 Å². The van der Waals surface area contributed by atoms with Crippen LogP contribution in [0.15, 0.2) is 30.2 Å². The molecule has 2 aromatic rings. The van der Waals surface area contributed by atoms with Crippen LogP contribution >= 0.6 is 11.3 Å². The molecule has 17 heavy (non-hydrogen) atoms. The van der Waals surface area contributed by atoms with Crippen LogP contribution in [0.25, 0.3) is 0 Å². The van der Waals surface area contributed by atoms with E-state index < -0.39 is 0 Å². The summed E-state index contributed by atoms with van der Waals surface area (Å²) in [5.74, 6) is 5.10. The predicted octanol–water partition coefficient (Wildman–Crippen LogP) is 0.754. The van der Waals surface area contributed by atoms with Crippen molar-refractivity contribution in [2.24, 2.45) is 5.84 Å². The van der Waals surface area contributed by atoms with Gasteiger partial charge in [-0.3, -0.25) is 20.6 Å². The molecule has 0 saturated carbocycles. The molecule has 7 heteroatoms. The van der Waals surface area contributed by atoms with Crippen LogP contribution in [0.4, 0.5) is 5.69 Å². The van der Waals surface area contributed by atoms with Gasteiger partial charge in [0.15, 0.2) is 0 Å². The van der Waals surface area contributed by atoms with E-state index in [1.807, 2.05) is 0 Å². The normalized spacial score (nSPS) is 9.94. The Balaban J connectivity index is 2.04. The Hall–Kier alpha value is -1.99. The van der Waals surface area contributed by atoms with E-state index in [1.165, 1.54) is 17.5 Å². The lowest BCUT2D eigenvalue weighted by molar-refractivity contribution is 0.0952. The van der Waals surface area contributed by atoms with Gasteiger partial charge in [0.2, 0.25) is 0 Å². The molecule has 88 valence electrons. The first-order valence-electron chi connectivity index (χ1n) is 4.87. The minimum absolute atomic E-state index is 0.200. The molecule has 1 amide bonds. The van der Waals surface area contributed by atoms with Gasteiger partial charge in [-0.1, -0.05) is 0 Å². The van der Waals surface area contributed by atoms with E-state index in [4.69, 9.17) is 5.84 Å². The van der Waals surface area contributed by atoms with Crippen molar-refractivity contribution in [3.05, 3.63) is 40.6 Å². The number of anilines is 1. The highest BCUT2D eigenvalue weighted by Crippen LogP contribution is 2.12. The number of aromatic nitrogens is 2. The van der Waals surface area contributed by atoms with Gasteiger partial charge in [0.05, 0.1) is 29.5 Å². The summed E-state index contributed by atoms with van der Waals surface area (Å²) in [7, 11) is 0. The number of carbonyl (C=O) groups is 1. The summed E-state index contributed by atoms with van der Waals surface area (Å²) in [6, 6.07) is 1.61. The van der Waals surface area contributed by atoms with Crippen LogP contribution in [0, 0.1) is 0 Å². The van der Waals surface area contributed by atoms with Gasteiger partial charge in [0.25, 0.3) is 5.91 Å². The predicted molar refractivity (Wildman–Crippen MR) is 65.3 cm³/mol. The highest BCUT2D eigenvalue weighted by molar-refractivity contribution is 7.09. The Morgan fingerprint density at radius 1 is 1.41 bits per heavy atom. The summed E-state index contributed by atoms with van der Waals surface area (Å²) < 4.78 is 0. The second kappa shape index (κ2) is 5.37. The Kier molecular flexibility index (Phi) is 3.63. The molecule has 0 radical (unpaired) electrons. The van der Waals surface area contributed by atoms with Crippen molar-refractivity contribution in [1.82, 2.24) is 15.3 Å². The second-order valence-corrected chi connectivity index (χ2v) is 4.19. The number of nitrogens with zero attached hydrogens (tertiary/aromatic N) is 2. The van der Waals surface area contributed by atoms with E-state index in [-0.39, 0.29) is 5.91 Å². The first-order valence-corrected chi connectivity index (χ1v) is 5.75. The number of hydrogen-bond acceptors (Lipinski definition) is 6. The zero-order valence-corrected chi connectivity index (χ0v) is 9.70. The van der Waals surface area contributed by atoms with Gasteiger partial charge in [-0.05, 0) is 6.07 Å². The van der Waals surface area contributed by atoms with Crippen molar-refractivity contribution in [1.29, 1.82) is 0 Å². The molecule has 0 aliphatic heterocycles. The third-order valence-corrected chi connectivity index (χ3v) is 2.91. The summed E-state index contributed by atoms with van der Waals surface area (Å²) in [6.07, 6.45) is 4.77. The number of nitrogens with one attached hydrogen (secondary N) is 2. The number of hydrogen-bond donors (Lipinski definition) is 3. The van der Waals surface area contributed by atoms with E-state index in [2.05, 4.69) is 20.7 Å². The molecular formula is C10H11N5OS. The van der Waals surface area contributed by atoms with Crippen molar-refractivity contribution in [2.45, 2.75) is 6.54 Å². The SMILES string of the molecule is NNc1cnccc1C(=O)NCc1cncs1. The van der Waals surface area contributed by atoms with Crippen molar-refractivity contribution >= 4 is 22.9 Å². The molecule has 0 fully saturated rings. The molecule has 0 aliphatic carbocycles. The average Bonchev–Trinajstić information content (AvgIpc) is 2.89. The maximum atomic E-state index is 11.9. The van der Waals surface area contributed by atoms with Crippen molar-refractivity contribution in [3.8, 4) is 0 Å². The number of nitrogens with two attached hydrogens (primary N) is 1. The Labute approximate surface area is 102 Å². The molecule has 2 heterocycles. The quantitative estimate of drug-likeness (QED) is 0.549. The molecular weight excluding hydrogens is 238 g/mol. The molecule has 0 bridgehead atoms. The number of carbonyl (C=O) groups excluding carboxylic acids is 1. The highest BCUT2D eigenvalue weighted by atomic mass is 32.1. The van der Waals surface area contributed by atoms with Gasteiger partial charge in [0.1, 0.15) is 0 Å². The lowest BCUT2D eigenvalue weighted by atomic mass is 10.2. The van der Waals surface area contributed by atoms with Crippen LogP contribution in [0.2, 0.25) is 0 Å². The lowest BCUT2D eigenvalue weighted by Crippen LogP contribution is -2.24. The van der Waals surface area contributed by atoms with E-state index in [0.29, 0.717) is 17.8 Å². The summed E-state index contributed by atoms with van der Waals surface area (Å²) in [4.78, 5) is 20.7. The number of amides is 1. The summed E-state index contributed by atoms with van der Waals surface area (Å²) >= 11 is 1.49. The first kappa shape index (κ1) is 11.5. The fourth-order valence-corrected chi connectivity index (χ4v) is 1.83. The summed E-state index contributed by atoms with van der Waals surface area (Å²) in [6.45, 7) is 0.454. The monoisotopic (exact) mass is 249 g/mol. The number of pyridine rings is 1. The highest BCUT2D eigenvalue weighted by Gasteiger charge is 2.10. The summed E-state index contributed by atoms with van der Waals surface area (Å²) in [5.41, 5.74) is 5.12. The zero-order valence-electron chi connectivity index (χ0n) is 8.88. The third kappa shape index (κ3) is 2.77. The Bertz CT molecular complexity index is 499. The Morgan fingerprint density at radius 3 is 3.00 bits per heavy atom. The molecule has 0 aromatic carbocycles. The number of hydrazine groups is 1. The van der Waals surface area contributed by atoms with Crippen LogP contribution in [-0.2, 0) is 6.54 Å². The van der Waals surface area contributed by atoms with Gasteiger partial charge in [-0.25, -0.2) is 0 Å². The van der Waals surface area contributed by atoms with Gasteiger partial charge < -0.3 is 10.7 Å². The maximum absolute atomic E-state index is 11.9. The molecule has 2 aromatic heterocycles. The van der Waals surface area contributed by atoms with E-state index in [0.717, 1.165) is 4.88 Å². The minimum atomic E-state index is -0.200. The molecule has 0 saturated heterocycles. The zero-order chi connectivity index (χ0) is 12.1. The molecule has 0 unspecified atom stereocenters. The molecule has 0 spiro atoms. The first-order chi connectivity index (χ1) is 8.31. The lowest BCUT2D eigenvalue weighted by Gasteiger charge is -2.07. The minimum Gasteiger partial charge on any atom is -0.347 e. The van der Waals surface area contributed by atoms with Crippen molar-refractivity contribution in [3.63, 3.8) is 0 Å². The number of rotatable bonds is 4. The average molecular weight is 249 g/mol. The van der Waals surface area contributed by atoms with Crippen LogP contribution in [-0.4, -0.2) is 15.9 Å². The van der Waals surface area contributed by atoms with Gasteiger partial charge in [-0.15, -0.1) is 11.3 Å². The molecule has 4 N–H and O–H groups in total. The van der Waals surface area contributed by atoms with Crippen LogP contribution in [0.5, 0.6) is 0 Å². The van der Waals surface area contributed by atoms with Gasteiger partial charge in [-0.2, -0.15) is 0 Å². The van der Waals surface area contributed by atoms with Crippen molar-refractivity contribution < 1.29 is 4.79 Å². The molecule has 6 nitrogen and oxygen atoms in total. The number of nitrogen functional groups attached to an aromatic ring is 1. The maximum Gasteiger partial charge on any atom is 0.253 e. The fourth-order valence-electron chi connectivity index (χ4n) is 1.30. The smallest absolute Gasteiger partial charge is 0.253 e. The second-order valence-electron chi connectivity index (χ2n) is 3.22. The van der Waals surface area contributed by atoms with Gasteiger partial charge in [0, 0.05) is 17.3 Å². The third-order valence-electron chi connectivity index (χ3n) is 2.13. The molecule has 0 aliphatic rings. The van der Waals surface area contributed by atoms with Crippen LogP contribution in [0.3, 0.4) is 0 Å². The summed E-state index contributed by atoms with van der Waals surface area (Å²) in [5, 5.41) is 2.78.